The number of nitrogens with two attached hydrogens (primary N) is 1. The quantitative estimate of drug-likeness (QED) is 0.662. The Morgan fingerprint density at radius 1 is 1.50 bits per heavy atom. The Kier molecular flexibility index (Phi) is 3.91. The van der Waals surface area contributed by atoms with E-state index in [0.717, 1.165) is 23.1 Å². The third-order valence-electron chi connectivity index (χ3n) is 2.86. The van der Waals surface area contributed by atoms with Crippen LogP contribution in [0.2, 0.25) is 0 Å². The monoisotopic (exact) mass is 288 g/mol. The summed E-state index contributed by atoms with van der Waals surface area (Å²) >= 11 is 3.28. The largest absolute Gasteiger partial charge is 0.381 e. The van der Waals surface area contributed by atoms with Gasteiger partial charge in [0.25, 0.3) is 0 Å². The van der Waals surface area contributed by atoms with Gasteiger partial charge in [0.2, 0.25) is 0 Å². The molecule has 0 spiro atoms. The van der Waals surface area contributed by atoms with Crippen LogP contribution in [0.1, 0.15) is 18.0 Å². The maximum Gasteiger partial charge on any atom is 0.124 e. The first-order valence-electron chi connectivity index (χ1n) is 5.20. The average molecular weight is 289 g/mol. The Bertz CT molecular complexity index is 349. The van der Waals surface area contributed by atoms with Crippen LogP contribution in [0.15, 0.2) is 22.7 Å². The molecule has 1 aliphatic rings. The summed E-state index contributed by atoms with van der Waals surface area (Å²) in [6.07, 6.45) is 0.947. The predicted octanol–water partition coefficient (Wildman–Crippen LogP) is 2.13. The Balaban J connectivity index is 2.24. The molecule has 2 rings (SSSR count). The lowest BCUT2D eigenvalue weighted by atomic mass is 9.93. The summed E-state index contributed by atoms with van der Waals surface area (Å²) in [5.74, 6) is 5.59. The first-order valence-corrected chi connectivity index (χ1v) is 6.00. The molecule has 1 aliphatic heterocycles. The second kappa shape index (κ2) is 5.23. The van der Waals surface area contributed by atoms with E-state index in [1.807, 2.05) is 6.07 Å². The van der Waals surface area contributed by atoms with Gasteiger partial charge in [-0.1, -0.05) is 15.9 Å². The number of halogens is 2. The van der Waals surface area contributed by atoms with Gasteiger partial charge in [-0.2, -0.15) is 0 Å². The summed E-state index contributed by atoms with van der Waals surface area (Å²) in [6.45, 7) is 1.42. The van der Waals surface area contributed by atoms with Gasteiger partial charge in [0.1, 0.15) is 5.82 Å². The van der Waals surface area contributed by atoms with E-state index in [1.165, 1.54) is 12.1 Å². The smallest absolute Gasteiger partial charge is 0.124 e. The molecule has 0 bridgehead atoms. The molecule has 2 unspecified atom stereocenters. The highest BCUT2D eigenvalue weighted by atomic mass is 79.9. The topological polar surface area (TPSA) is 47.3 Å². The zero-order valence-corrected chi connectivity index (χ0v) is 10.3. The van der Waals surface area contributed by atoms with Crippen molar-refractivity contribution in [3.8, 4) is 0 Å². The first-order chi connectivity index (χ1) is 7.70. The molecule has 1 saturated heterocycles. The van der Waals surface area contributed by atoms with Crippen molar-refractivity contribution in [3.05, 3.63) is 34.1 Å². The Hall–Kier alpha value is -0.490. The average Bonchev–Trinajstić information content (AvgIpc) is 2.70. The number of hydrogen-bond acceptors (Lipinski definition) is 3. The summed E-state index contributed by atoms with van der Waals surface area (Å²) < 4.78 is 19.3. The lowest BCUT2D eigenvalue weighted by Gasteiger charge is -2.22. The molecule has 1 heterocycles. The van der Waals surface area contributed by atoms with Crippen molar-refractivity contribution in [1.29, 1.82) is 0 Å². The van der Waals surface area contributed by atoms with E-state index in [2.05, 4.69) is 21.4 Å². The highest BCUT2D eigenvalue weighted by Gasteiger charge is 2.26. The molecular weight excluding hydrogens is 275 g/mol. The van der Waals surface area contributed by atoms with Crippen molar-refractivity contribution in [2.75, 3.05) is 13.2 Å². The van der Waals surface area contributed by atoms with Crippen LogP contribution in [-0.4, -0.2) is 13.2 Å². The number of benzene rings is 1. The molecule has 3 N–H and O–H groups in total. The summed E-state index contributed by atoms with van der Waals surface area (Å²) in [5.41, 5.74) is 3.60. The van der Waals surface area contributed by atoms with E-state index in [1.54, 1.807) is 0 Å². The molecular formula is C11H14BrFN2O. The van der Waals surface area contributed by atoms with Gasteiger partial charge in [-0.25, -0.2) is 4.39 Å². The zero-order chi connectivity index (χ0) is 11.5. The SMILES string of the molecule is NNC(c1cc(F)cc(Br)c1)C1CCOC1. The zero-order valence-electron chi connectivity index (χ0n) is 8.75. The third-order valence-corrected chi connectivity index (χ3v) is 3.32. The molecule has 0 aromatic heterocycles. The van der Waals surface area contributed by atoms with Crippen LogP contribution >= 0.6 is 15.9 Å². The summed E-state index contributed by atoms with van der Waals surface area (Å²) in [7, 11) is 0. The lowest BCUT2D eigenvalue weighted by molar-refractivity contribution is 0.176. The van der Waals surface area contributed by atoms with Crippen LogP contribution in [0.25, 0.3) is 0 Å². The third kappa shape index (κ3) is 2.60. The number of nitrogens with one attached hydrogen (secondary N) is 1. The molecule has 2 atom stereocenters. The number of hydrazine groups is 1. The van der Waals surface area contributed by atoms with Crippen molar-refractivity contribution in [3.63, 3.8) is 0 Å². The van der Waals surface area contributed by atoms with Gasteiger partial charge in [0.05, 0.1) is 12.6 Å². The molecule has 0 radical (unpaired) electrons. The minimum absolute atomic E-state index is 0.0606. The van der Waals surface area contributed by atoms with Crippen molar-refractivity contribution in [2.45, 2.75) is 12.5 Å². The van der Waals surface area contributed by atoms with E-state index in [9.17, 15) is 4.39 Å². The molecule has 5 heteroatoms. The molecule has 1 fully saturated rings. The van der Waals surface area contributed by atoms with E-state index in [-0.39, 0.29) is 11.9 Å². The normalized spacial score (nSPS) is 22.3. The fourth-order valence-electron chi connectivity index (χ4n) is 2.07. The summed E-state index contributed by atoms with van der Waals surface area (Å²) in [5, 5.41) is 0. The van der Waals surface area contributed by atoms with Crippen LogP contribution < -0.4 is 11.3 Å². The number of rotatable bonds is 3. The van der Waals surface area contributed by atoms with E-state index in [0.29, 0.717) is 12.5 Å². The second-order valence-corrected chi connectivity index (χ2v) is 4.89. The van der Waals surface area contributed by atoms with Gasteiger partial charge in [-0.15, -0.1) is 0 Å². The number of ether oxygens (including phenoxy) is 1. The highest BCUT2D eigenvalue weighted by molar-refractivity contribution is 9.10. The summed E-state index contributed by atoms with van der Waals surface area (Å²) in [6, 6.07) is 4.76. The van der Waals surface area contributed by atoms with E-state index < -0.39 is 0 Å². The van der Waals surface area contributed by atoms with Gasteiger partial charge in [0.15, 0.2) is 0 Å². The van der Waals surface area contributed by atoms with Crippen LogP contribution in [0.3, 0.4) is 0 Å². The Labute approximate surface area is 102 Å². The number of hydrogen-bond donors (Lipinski definition) is 2. The van der Waals surface area contributed by atoms with Crippen LogP contribution in [-0.2, 0) is 4.74 Å². The molecule has 88 valence electrons. The molecule has 16 heavy (non-hydrogen) atoms. The Morgan fingerprint density at radius 3 is 2.88 bits per heavy atom. The van der Waals surface area contributed by atoms with E-state index in [4.69, 9.17) is 10.6 Å². The van der Waals surface area contributed by atoms with Crippen molar-refractivity contribution in [1.82, 2.24) is 5.43 Å². The minimum Gasteiger partial charge on any atom is -0.381 e. The molecule has 0 saturated carbocycles. The van der Waals surface area contributed by atoms with Gasteiger partial charge in [-0.05, 0) is 30.2 Å². The highest BCUT2D eigenvalue weighted by Crippen LogP contribution is 2.30. The predicted molar refractivity (Wildman–Crippen MR) is 63.1 cm³/mol. The lowest BCUT2D eigenvalue weighted by Crippen LogP contribution is -2.34. The first kappa shape index (κ1) is 12.0. The molecule has 1 aromatic carbocycles. The van der Waals surface area contributed by atoms with Crippen molar-refractivity contribution in [2.24, 2.45) is 11.8 Å². The van der Waals surface area contributed by atoms with Crippen LogP contribution in [0.5, 0.6) is 0 Å². The Morgan fingerprint density at radius 2 is 2.31 bits per heavy atom. The van der Waals surface area contributed by atoms with Gasteiger partial charge in [-0.3, -0.25) is 11.3 Å². The van der Waals surface area contributed by atoms with Gasteiger partial charge in [0, 0.05) is 17.0 Å². The van der Waals surface area contributed by atoms with Crippen molar-refractivity contribution < 1.29 is 9.13 Å². The van der Waals surface area contributed by atoms with Gasteiger partial charge < -0.3 is 4.74 Å². The molecule has 0 amide bonds. The minimum atomic E-state index is -0.261. The second-order valence-electron chi connectivity index (χ2n) is 3.97. The standard InChI is InChI=1S/C11H14BrFN2O/c12-9-3-8(4-10(13)5-9)11(15-14)7-1-2-16-6-7/h3-5,7,11,15H,1-2,6,14H2. The van der Waals surface area contributed by atoms with Crippen LogP contribution in [0.4, 0.5) is 4.39 Å². The van der Waals surface area contributed by atoms with Crippen LogP contribution in [0, 0.1) is 11.7 Å². The van der Waals surface area contributed by atoms with Gasteiger partial charge >= 0.3 is 0 Å². The molecule has 3 nitrogen and oxygen atoms in total. The van der Waals surface area contributed by atoms with E-state index >= 15 is 0 Å². The van der Waals surface area contributed by atoms with Crippen molar-refractivity contribution >= 4 is 15.9 Å². The summed E-state index contributed by atoms with van der Waals surface area (Å²) in [4.78, 5) is 0. The molecule has 0 aliphatic carbocycles. The maximum atomic E-state index is 13.3. The molecule has 1 aromatic rings. The fraction of sp³-hybridized carbons (Fsp3) is 0.455. The fourth-order valence-corrected chi connectivity index (χ4v) is 2.56. The maximum absolute atomic E-state index is 13.3.